The van der Waals surface area contributed by atoms with Gasteiger partial charge < -0.3 is 25.1 Å². The third kappa shape index (κ3) is 7.84. The Morgan fingerprint density at radius 1 is 0.979 bits per heavy atom. The van der Waals surface area contributed by atoms with Gasteiger partial charge in [0.2, 0.25) is 17.4 Å². The van der Waals surface area contributed by atoms with Crippen LogP contribution in [0.15, 0.2) is 24.3 Å². The monoisotopic (exact) mass is 672 g/mol. The lowest BCUT2D eigenvalue weighted by Crippen LogP contribution is -2.47. The van der Waals surface area contributed by atoms with Crippen LogP contribution in [0.2, 0.25) is 0 Å². The van der Waals surface area contributed by atoms with Gasteiger partial charge in [-0.05, 0) is 65.2 Å². The largest absolute Gasteiger partial charge is 0.420 e. The number of hydrogen-bond donors (Lipinski definition) is 2. The Kier molecular flexibility index (Phi) is 10.5. The molecule has 0 saturated carbocycles. The number of aromatic amines is 1. The number of nitrogens with two attached hydrogens (primary N) is 1. The number of nitrogens with one attached hydrogen (secondary N) is 1. The number of aryl methyl sites for hydroxylation is 1. The smallest absolute Gasteiger partial charge is 0.317 e. The number of anilines is 2. The van der Waals surface area contributed by atoms with E-state index in [-0.39, 0.29) is 19.1 Å². The zero-order valence-corrected chi connectivity index (χ0v) is 28.2. The van der Waals surface area contributed by atoms with Crippen LogP contribution < -0.4 is 15.4 Å². The predicted molar refractivity (Wildman–Crippen MR) is 178 cm³/mol. The maximum atomic E-state index is 14.0. The van der Waals surface area contributed by atoms with Crippen LogP contribution in [0, 0.1) is 28.7 Å². The summed E-state index contributed by atoms with van der Waals surface area (Å²) in [4.78, 5) is 30.2. The Morgan fingerprint density at radius 3 is 2.33 bits per heavy atom. The van der Waals surface area contributed by atoms with Crippen molar-refractivity contribution >= 4 is 39.4 Å². The first-order chi connectivity index (χ1) is 22.7. The number of benzene rings is 2. The van der Waals surface area contributed by atoms with Crippen LogP contribution in [0.3, 0.4) is 0 Å². The van der Waals surface area contributed by atoms with E-state index in [9.17, 15) is 22.4 Å². The number of halogens is 4. The fourth-order valence-corrected chi connectivity index (χ4v) is 5.75. The molecule has 4 aromatic rings. The molecule has 1 saturated heterocycles. The summed E-state index contributed by atoms with van der Waals surface area (Å²) in [6.45, 7) is 13.6. The highest BCUT2D eigenvalue weighted by molar-refractivity contribution is 6.07. The van der Waals surface area contributed by atoms with E-state index < -0.39 is 46.0 Å². The second-order valence-electron chi connectivity index (χ2n) is 13.7. The minimum atomic E-state index is -1.76. The van der Waals surface area contributed by atoms with Crippen molar-refractivity contribution in [3.63, 3.8) is 0 Å². The van der Waals surface area contributed by atoms with Gasteiger partial charge in [-0.15, -0.1) is 0 Å². The number of carbonyl (C=O) groups is 1. The lowest BCUT2D eigenvalue weighted by Gasteiger charge is -2.37. The zero-order chi connectivity index (χ0) is 34.8. The molecular formula is C35H44F4N6O3. The van der Waals surface area contributed by atoms with Crippen LogP contribution >= 0.6 is 0 Å². The van der Waals surface area contributed by atoms with Crippen LogP contribution in [0.5, 0.6) is 5.75 Å². The topological polar surface area (TPSA) is 110 Å². The van der Waals surface area contributed by atoms with E-state index in [0.717, 1.165) is 91.9 Å². The Labute approximate surface area is 277 Å². The molecule has 0 bridgehead atoms. The molecule has 0 unspecified atom stereocenters. The number of esters is 1. The number of fused-ring (bicyclic) bond motifs is 3. The fraction of sp³-hybridized carbons (Fsp3) is 0.514. The summed E-state index contributed by atoms with van der Waals surface area (Å²) >= 11 is 0. The van der Waals surface area contributed by atoms with Crippen molar-refractivity contribution in [1.29, 1.82) is 0 Å². The van der Waals surface area contributed by atoms with Gasteiger partial charge in [-0.1, -0.05) is 13.3 Å². The molecule has 0 aliphatic carbocycles. The molecule has 0 amide bonds. The van der Waals surface area contributed by atoms with Gasteiger partial charge in [-0.25, -0.2) is 18.7 Å². The first-order valence-corrected chi connectivity index (χ1v) is 16.4. The summed E-state index contributed by atoms with van der Waals surface area (Å²) in [5, 5.41) is 1.01. The number of aromatic nitrogens is 3. The minimum Gasteiger partial charge on any atom is -0.420 e. The second-order valence-corrected chi connectivity index (χ2v) is 13.7. The molecule has 2 aromatic carbocycles. The number of carbonyl (C=O) groups excluding carboxylic acids is 1. The highest BCUT2D eigenvalue weighted by Crippen LogP contribution is 2.32. The summed E-state index contributed by atoms with van der Waals surface area (Å²) in [5.41, 5.74) is 8.09. The number of H-pyrrole nitrogens is 1. The average Bonchev–Trinajstić information content (AvgIpc) is 3.49. The Hall–Kier alpha value is -3.97. The molecule has 0 radical (unpaired) electrons. The van der Waals surface area contributed by atoms with Crippen molar-refractivity contribution in [1.82, 2.24) is 19.9 Å². The van der Waals surface area contributed by atoms with Gasteiger partial charge in [0.05, 0.1) is 22.0 Å². The van der Waals surface area contributed by atoms with Crippen molar-refractivity contribution in [3.8, 4) is 5.75 Å². The molecule has 9 nitrogen and oxygen atoms in total. The molecule has 260 valence electrons. The Morgan fingerprint density at radius 2 is 1.67 bits per heavy atom. The molecule has 5 rings (SSSR count). The van der Waals surface area contributed by atoms with E-state index in [2.05, 4.69) is 38.8 Å². The number of rotatable bonds is 13. The summed E-state index contributed by atoms with van der Waals surface area (Å²) in [6, 6.07) is 6.32. The van der Waals surface area contributed by atoms with Crippen LogP contribution in [0.25, 0.3) is 21.9 Å². The third-order valence-electron chi connectivity index (χ3n) is 9.06. The number of hydrogen-bond acceptors (Lipinski definition) is 8. The molecule has 48 heavy (non-hydrogen) atoms. The van der Waals surface area contributed by atoms with Gasteiger partial charge in [0.1, 0.15) is 11.3 Å². The molecule has 1 aliphatic rings. The standard InChI is InChI=1S/C35H44F4N6O3/c1-6-7-8-26-42-29-22-19-21(9-10-25(22)41-32(40)30(29)43-26)45-16-14-44(15-17-45)13-11-35(4,5)47-18-12-34(2,3)33(46)48-31-27(38)23(36)20-24(37)28(31)39/h9-10,19-20H,6-8,11-18H2,1-5H3,(H2,40,41)(H,42,43). The second kappa shape index (κ2) is 14.3. The summed E-state index contributed by atoms with van der Waals surface area (Å²) in [6.07, 6.45) is 3.90. The van der Waals surface area contributed by atoms with Gasteiger partial charge in [-0.2, -0.15) is 8.78 Å². The van der Waals surface area contributed by atoms with Crippen LogP contribution in [-0.4, -0.2) is 70.8 Å². The van der Waals surface area contributed by atoms with E-state index in [1.807, 2.05) is 19.9 Å². The molecule has 3 heterocycles. The number of pyridine rings is 1. The van der Waals surface area contributed by atoms with Crippen molar-refractivity contribution in [3.05, 3.63) is 53.4 Å². The summed E-state index contributed by atoms with van der Waals surface area (Å²) in [5.74, 6) is -7.87. The SMILES string of the molecule is CCCCc1nc2c(N)nc3ccc(N4CCN(CCC(C)(C)OCCC(C)(C)C(=O)Oc5c(F)c(F)cc(F)c5F)CC4)cc3c2[nH]1. The maximum absolute atomic E-state index is 14.0. The van der Waals surface area contributed by atoms with Crippen LogP contribution in [-0.2, 0) is 16.0 Å². The number of piperazine rings is 1. The molecular weight excluding hydrogens is 628 g/mol. The minimum absolute atomic E-state index is 0.0600. The number of nitrogens with zero attached hydrogens (tertiary/aromatic N) is 4. The molecule has 3 N–H and O–H groups in total. The van der Waals surface area contributed by atoms with E-state index in [1.54, 1.807) is 0 Å². The van der Waals surface area contributed by atoms with E-state index in [1.165, 1.54) is 13.8 Å². The van der Waals surface area contributed by atoms with Crippen molar-refractivity contribution in [2.24, 2.45) is 5.41 Å². The number of imidazole rings is 1. The van der Waals surface area contributed by atoms with Crippen LogP contribution in [0.1, 0.15) is 66.1 Å². The fourth-order valence-electron chi connectivity index (χ4n) is 5.75. The highest BCUT2D eigenvalue weighted by atomic mass is 19.2. The maximum Gasteiger partial charge on any atom is 0.317 e. The van der Waals surface area contributed by atoms with Crippen molar-refractivity contribution < 1.29 is 31.8 Å². The molecule has 1 aliphatic heterocycles. The summed E-state index contributed by atoms with van der Waals surface area (Å²) in [7, 11) is 0. The van der Waals surface area contributed by atoms with Gasteiger partial charge >= 0.3 is 5.97 Å². The average molecular weight is 673 g/mol. The van der Waals surface area contributed by atoms with Gasteiger partial charge in [-0.3, -0.25) is 9.69 Å². The highest BCUT2D eigenvalue weighted by Gasteiger charge is 2.34. The van der Waals surface area contributed by atoms with Crippen LogP contribution in [0.4, 0.5) is 29.1 Å². The first kappa shape index (κ1) is 35.3. The Bertz CT molecular complexity index is 1760. The van der Waals surface area contributed by atoms with E-state index in [0.29, 0.717) is 5.82 Å². The number of nitrogen functional groups attached to an aromatic ring is 1. The lowest BCUT2D eigenvalue weighted by molar-refractivity contribution is -0.146. The molecule has 13 heteroatoms. The van der Waals surface area contributed by atoms with Gasteiger partial charge in [0.25, 0.3) is 0 Å². The summed E-state index contributed by atoms with van der Waals surface area (Å²) < 4.78 is 65.9. The molecule has 1 fully saturated rings. The third-order valence-corrected chi connectivity index (χ3v) is 9.06. The molecule has 0 atom stereocenters. The van der Waals surface area contributed by atoms with Crippen molar-refractivity contribution in [2.45, 2.75) is 72.3 Å². The van der Waals surface area contributed by atoms with E-state index >= 15 is 0 Å². The zero-order valence-electron chi connectivity index (χ0n) is 28.2. The molecule has 2 aromatic heterocycles. The van der Waals surface area contributed by atoms with Gasteiger partial charge in [0.15, 0.2) is 17.5 Å². The first-order valence-electron chi connectivity index (χ1n) is 16.4. The number of unbranched alkanes of at least 4 members (excludes halogenated alkanes) is 1. The van der Waals surface area contributed by atoms with Gasteiger partial charge in [0, 0.05) is 62.9 Å². The molecule has 0 spiro atoms. The Balaban J connectivity index is 1.11. The number of ether oxygens (including phenoxy) is 2. The predicted octanol–water partition coefficient (Wildman–Crippen LogP) is 6.92. The van der Waals surface area contributed by atoms with E-state index in [4.69, 9.17) is 20.2 Å². The quantitative estimate of drug-likeness (QED) is 0.0682. The lowest BCUT2D eigenvalue weighted by atomic mass is 9.90. The normalized spacial score (nSPS) is 14.7. The van der Waals surface area contributed by atoms with Crippen molar-refractivity contribution in [2.75, 3.05) is 50.0 Å².